The maximum Gasteiger partial charge on any atom is 0.234 e. The lowest BCUT2D eigenvalue weighted by atomic mass is 9.71. The highest BCUT2D eigenvalue weighted by Gasteiger charge is 2.40. The molecule has 0 aliphatic heterocycles. The van der Waals surface area contributed by atoms with Crippen LogP contribution in [-0.2, 0) is 10.2 Å². The van der Waals surface area contributed by atoms with Crippen molar-refractivity contribution in [3.63, 3.8) is 0 Å². The molecule has 1 N–H and O–H groups in total. The summed E-state index contributed by atoms with van der Waals surface area (Å²) < 4.78 is 13.2. The van der Waals surface area contributed by atoms with Crippen LogP contribution < -0.4 is 5.32 Å². The summed E-state index contributed by atoms with van der Waals surface area (Å²) in [4.78, 5) is 12.6. The standard InChI is InChI=1S/C17H17ClFNO/c1-20-16(21)17(11-12-18,13-5-3-2-4-6-13)14-7-9-15(19)10-8-14/h2-10H,11-12H2,1H3,(H,20,21). The summed E-state index contributed by atoms with van der Waals surface area (Å²) in [5.41, 5.74) is 0.664. The largest absolute Gasteiger partial charge is 0.358 e. The van der Waals surface area contributed by atoms with Crippen molar-refractivity contribution in [3.8, 4) is 0 Å². The van der Waals surface area contributed by atoms with E-state index >= 15 is 0 Å². The van der Waals surface area contributed by atoms with Crippen LogP contribution in [-0.4, -0.2) is 18.8 Å². The first-order chi connectivity index (χ1) is 10.1. The molecule has 2 rings (SSSR count). The fraction of sp³-hybridized carbons (Fsp3) is 0.235. The van der Waals surface area contributed by atoms with Gasteiger partial charge >= 0.3 is 0 Å². The predicted molar refractivity (Wildman–Crippen MR) is 83.0 cm³/mol. The van der Waals surface area contributed by atoms with Crippen molar-refractivity contribution in [1.29, 1.82) is 0 Å². The number of carbonyl (C=O) groups excluding carboxylic acids is 1. The molecule has 0 radical (unpaired) electrons. The Bertz CT molecular complexity index is 600. The van der Waals surface area contributed by atoms with Gasteiger partial charge in [0.2, 0.25) is 5.91 Å². The SMILES string of the molecule is CNC(=O)C(CCCl)(c1ccccc1)c1ccc(F)cc1. The lowest BCUT2D eigenvalue weighted by molar-refractivity contribution is -0.125. The van der Waals surface area contributed by atoms with Crippen molar-refractivity contribution in [3.05, 3.63) is 71.5 Å². The van der Waals surface area contributed by atoms with Gasteiger partial charge in [-0.2, -0.15) is 0 Å². The minimum absolute atomic E-state index is 0.152. The van der Waals surface area contributed by atoms with Crippen LogP contribution in [0, 0.1) is 5.82 Å². The van der Waals surface area contributed by atoms with Gasteiger partial charge in [-0.05, 0) is 29.7 Å². The van der Waals surface area contributed by atoms with E-state index in [1.165, 1.54) is 12.1 Å². The maximum absolute atomic E-state index is 13.2. The number of carbonyl (C=O) groups is 1. The summed E-state index contributed by atoms with van der Waals surface area (Å²) >= 11 is 5.96. The van der Waals surface area contributed by atoms with Gasteiger partial charge in [-0.1, -0.05) is 42.5 Å². The molecule has 0 bridgehead atoms. The van der Waals surface area contributed by atoms with E-state index in [9.17, 15) is 9.18 Å². The third-order valence-electron chi connectivity index (χ3n) is 3.69. The molecule has 0 saturated heterocycles. The third-order valence-corrected chi connectivity index (χ3v) is 3.88. The molecule has 2 aromatic carbocycles. The van der Waals surface area contributed by atoms with Gasteiger partial charge in [0.1, 0.15) is 11.2 Å². The lowest BCUT2D eigenvalue weighted by Crippen LogP contribution is -2.44. The number of likely N-dealkylation sites (N-methyl/N-ethyl adjacent to an activating group) is 1. The monoisotopic (exact) mass is 305 g/mol. The molecule has 0 fully saturated rings. The van der Waals surface area contributed by atoms with Crippen molar-refractivity contribution in [2.75, 3.05) is 12.9 Å². The van der Waals surface area contributed by atoms with Gasteiger partial charge in [0.05, 0.1) is 0 Å². The quantitative estimate of drug-likeness (QED) is 0.842. The second kappa shape index (κ2) is 6.72. The van der Waals surface area contributed by atoms with Crippen molar-refractivity contribution in [1.82, 2.24) is 5.32 Å². The number of amides is 1. The molecule has 0 spiro atoms. The number of hydrogen-bond donors (Lipinski definition) is 1. The van der Waals surface area contributed by atoms with E-state index in [0.717, 1.165) is 11.1 Å². The smallest absolute Gasteiger partial charge is 0.234 e. The van der Waals surface area contributed by atoms with Crippen LogP contribution in [0.3, 0.4) is 0 Å². The average Bonchev–Trinajstić information content (AvgIpc) is 2.53. The van der Waals surface area contributed by atoms with Crippen molar-refractivity contribution in [2.45, 2.75) is 11.8 Å². The van der Waals surface area contributed by atoms with E-state index in [1.54, 1.807) is 19.2 Å². The summed E-state index contributed by atoms with van der Waals surface area (Å²) in [6.07, 6.45) is 0.434. The van der Waals surface area contributed by atoms with Gasteiger partial charge < -0.3 is 5.32 Å². The molecule has 2 aromatic rings. The first-order valence-corrected chi connectivity index (χ1v) is 7.28. The molecular formula is C17H17ClFNO. The van der Waals surface area contributed by atoms with Crippen LogP contribution >= 0.6 is 11.6 Å². The summed E-state index contributed by atoms with van der Waals surface area (Å²) in [7, 11) is 1.60. The summed E-state index contributed by atoms with van der Waals surface area (Å²) in [6, 6.07) is 15.5. The minimum atomic E-state index is -0.911. The number of benzene rings is 2. The van der Waals surface area contributed by atoms with Crippen LogP contribution in [0.25, 0.3) is 0 Å². The Morgan fingerprint density at radius 2 is 1.67 bits per heavy atom. The minimum Gasteiger partial charge on any atom is -0.358 e. The zero-order chi connectivity index (χ0) is 15.3. The molecule has 4 heteroatoms. The Kier molecular flexibility index (Phi) is 4.97. The first-order valence-electron chi connectivity index (χ1n) is 6.75. The van der Waals surface area contributed by atoms with Gasteiger partial charge in [0, 0.05) is 12.9 Å². The second-order valence-electron chi connectivity index (χ2n) is 4.80. The van der Waals surface area contributed by atoms with Gasteiger partial charge in [-0.3, -0.25) is 4.79 Å². The Morgan fingerprint density at radius 1 is 1.10 bits per heavy atom. The Balaban J connectivity index is 2.66. The highest BCUT2D eigenvalue weighted by Crippen LogP contribution is 2.36. The topological polar surface area (TPSA) is 29.1 Å². The molecule has 21 heavy (non-hydrogen) atoms. The Hall–Kier alpha value is -1.87. The van der Waals surface area contributed by atoms with Crippen LogP contribution in [0.15, 0.2) is 54.6 Å². The number of halogens is 2. The normalized spacial score (nSPS) is 13.5. The van der Waals surface area contributed by atoms with Gasteiger partial charge in [0.25, 0.3) is 0 Å². The van der Waals surface area contributed by atoms with E-state index in [2.05, 4.69) is 5.32 Å². The fourth-order valence-corrected chi connectivity index (χ4v) is 2.93. The molecule has 2 nitrogen and oxygen atoms in total. The summed E-state index contributed by atoms with van der Waals surface area (Å²) in [5, 5.41) is 2.71. The van der Waals surface area contributed by atoms with E-state index in [4.69, 9.17) is 11.6 Å². The van der Waals surface area contributed by atoms with E-state index in [1.807, 2.05) is 30.3 Å². The van der Waals surface area contributed by atoms with Gasteiger partial charge in [-0.25, -0.2) is 4.39 Å². The van der Waals surface area contributed by atoms with Gasteiger partial charge in [-0.15, -0.1) is 11.6 Å². The molecule has 1 atom stereocenters. The Morgan fingerprint density at radius 3 is 2.19 bits per heavy atom. The molecule has 110 valence electrons. The number of hydrogen-bond acceptors (Lipinski definition) is 1. The van der Waals surface area contributed by atoms with Crippen molar-refractivity contribution < 1.29 is 9.18 Å². The van der Waals surface area contributed by atoms with E-state index < -0.39 is 5.41 Å². The summed E-state index contributed by atoms with van der Waals surface area (Å²) in [5.74, 6) is -0.163. The van der Waals surface area contributed by atoms with E-state index in [0.29, 0.717) is 12.3 Å². The molecule has 0 heterocycles. The molecule has 0 aromatic heterocycles. The molecule has 1 unspecified atom stereocenters. The van der Waals surface area contributed by atoms with Crippen LogP contribution in [0.5, 0.6) is 0 Å². The highest BCUT2D eigenvalue weighted by atomic mass is 35.5. The Labute approximate surface area is 128 Å². The van der Waals surface area contributed by atoms with Crippen LogP contribution in [0.2, 0.25) is 0 Å². The summed E-state index contributed by atoms with van der Waals surface area (Å²) in [6.45, 7) is 0. The maximum atomic E-state index is 13.2. The number of alkyl halides is 1. The first kappa shape index (κ1) is 15.5. The molecule has 1 amide bonds. The average molecular weight is 306 g/mol. The third kappa shape index (κ3) is 2.93. The predicted octanol–water partition coefficient (Wildman–Crippen LogP) is 3.49. The lowest BCUT2D eigenvalue weighted by Gasteiger charge is -2.32. The molecule has 0 aliphatic rings. The molecular weight excluding hydrogens is 289 g/mol. The second-order valence-corrected chi connectivity index (χ2v) is 5.17. The van der Waals surface area contributed by atoms with Crippen LogP contribution in [0.1, 0.15) is 17.5 Å². The molecule has 0 saturated carbocycles. The van der Waals surface area contributed by atoms with Gasteiger partial charge in [0.15, 0.2) is 0 Å². The van der Waals surface area contributed by atoms with Crippen molar-refractivity contribution in [2.24, 2.45) is 0 Å². The zero-order valence-corrected chi connectivity index (χ0v) is 12.5. The van der Waals surface area contributed by atoms with E-state index in [-0.39, 0.29) is 11.7 Å². The van der Waals surface area contributed by atoms with Crippen LogP contribution in [0.4, 0.5) is 4.39 Å². The fourth-order valence-electron chi connectivity index (χ4n) is 2.64. The molecule has 0 aliphatic carbocycles. The van der Waals surface area contributed by atoms with Crippen molar-refractivity contribution >= 4 is 17.5 Å². The number of nitrogens with one attached hydrogen (secondary N) is 1. The highest BCUT2D eigenvalue weighted by molar-refractivity contribution is 6.18. The number of rotatable bonds is 5. The zero-order valence-electron chi connectivity index (χ0n) is 11.8.